The molecule has 6 heteroatoms. The molecule has 1 N–H and O–H groups in total. The van der Waals surface area contributed by atoms with Gasteiger partial charge in [-0.05, 0) is 53.2 Å². The van der Waals surface area contributed by atoms with Crippen molar-refractivity contribution in [1.29, 1.82) is 0 Å². The van der Waals surface area contributed by atoms with Gasteiger partial charge < -0.3 is 5.32 Å². The maximum absolute atomic E-state index is 12.5. The van der Waals surface area contributed by atoms with Crippen LogP contribution in [0.25, 0.3) is 10.2 Å². The zero-order valence-corrected chi connectivity index (χ0v) is 14.0. The molecule has 0 radical (unpaired) electrons. The van der Waals surface area contributed by atoms with Crippen LogP contribution in [0.1, 0.15) is 35.1 Å². The maximum Gasteiger partial charge on any atom is 0.251 e. The Kier molecular flexibility index (Phi) is 3.07. The molecule has 4 rings (SSSR count). The van der Waals surface area contributed by atoms with E-state index in [1.54, 1.807) is 11.3 Å². The fourth-order valence-electron chi connectivity index (χ4n) is 3.15. The minimum Gasteiger partial charge on any atom is -0.343 e. The van der Waals surface area contributed by atoms with Gasteiger partial charge in [0.05, 0.1) is 21.0 Å². The first-order chi connectivity index (χ1) is 10.1. The number of rotatable bonds is 3. The van der Waals surface area contributed by atoms with Crippen molar-refractivity contribution in [3.63, 3.8) is 0 Å². The number of aryl methyl sites for hydroxylation is 1. The zero-order valence-electron chi connectivity index (χ0n) is 12.1. The summed E-state index contributed by atoms with van der Waals surface area (Å²) in [7, 11) is 0.728. The van der Waals surface area contributed by atoms with Crippen molar-refractivity contribution in [1.82, 2.24) is 15.0 Å². The van der Waals surface area contributed by atoms with E-state index in [2.05, 4.69) is 21.9 Å². The van der Waals surface area contributed by atoms with E-state index >= 15 is 0 Å². The number of carbonyl (C=O) groups is 1. The topological polar surface area (TPSA) is 45.2 Å². The highest BCUT2D eigenvalue weighted by atomic mass is 32.1. The van der Waals surface area contributed by atoms with Gasteiger partial charge in [-0.2, -0.15) is 0 Å². The molecular weight excluding hydrogens is 301 g/mol. The van der Waals surface area contributed by atoms with Crippen LogP contribution in [-0.2, 0) is 0 Å². The number of carbonyl (C=O) groups excluding carboxylic acids is 1. The lowest BCUT2D eigenvalue weighted by atomic mass is 10.2. The van der Waals surface area contributed by atoms with Gasteiger partial charge in [0.1, 0.15) is 0 Å². The SMILES string of the molecule is CCN1PC(NC(=O)c2ccc3sc(C)nc3c2)C12CC2. The molecule has 2 fully saturated rings. The molecule has 2 unspecified atom stereocenters. The first-order valence-electron chi connectivity index (χ1n) is 7.34. The van der Waals surface area contributed by atoms with Crippen LogP contribution < -0.4 is 5.32 Å². The molecule has 2 heterocycles. The van der Waals surface area contributed by atoms with Gasteiger partial charge in [-0.25, -0.2) is 4.98 Å². The molecule has 1 spiro atoms. The predicted molar refractivity (Wildman–Crippen MR) is 88.3 cm³/mol. The van der Waals surface area contributed by atoms with Crippen molar-refractivity contribution < 1.29 is 4.79 Å². The number of fused-ring (bicyclic) bond motifs is 1. The summed E-state index contributed by atoms with van der Waals surface area (Å²) in [6, 6.07) is 5.82. The monoisotopic (exact) mass is 319 g/mol. The van der Waals surface area contributed by atoms with E-state index in [-0.39, 0.29) is 5.91 Å². The van der Waals surface area contributed by atoms with Crippen LogP contribution in [0.15, 0.2) is 18.2 Å². The van der Waals surface area contributed by atoms with Crippen molar-refractivity contribution in [2.75, 3.05) is 6.54 Å². The van der Waals surface area contributed by atoms with Gasteiger partial charge in [0.25, 0.3) is 5.91 Å². The first-order valence-corrected chi connectivity index (χ1v) is 9.18. The van der Waals surface area contributed by atoms with Gasteiger partial charge in [-0.15, -0.1) is 11.3 Å². The summed E-state index contributed by atoms with van der Waals surface area (Å²) in [5, 5.41) is 4.27. The van der Waals surface area contributed by atoms with Crippen LogP contribution in [0.2, 0.25) is 0 Å². The summed E-state index contributed by atoms with van der Waals surface area (Å²) in [6.45, 7) is 5.29. The fraction of sp³-hybridized carbons (Fsp3) is 0.467. The van der Waals surface area contributed by atoms with E-state index in [1.165, 1.54) is 12.8 Å². The Morgan fingerprint density at radius 3 is 3.10 bits per heavy atom. The van der Waals surface area contributed by atoms with Crippen LogP contribution in [0, 0.1) is 6.92 Å². The zero-order chi connectivity index (χ0) is 14.6. The number of nitrogens with one attached hydrogen (secondary N) is 1. The Morgan fingerprint density at radius 2 is 2.38 bits per heavy atom. The van der Waals surface area contributed by atoms with E-state index in [0.29, 0.717) is 11.3 Å². The average Bonchev–Trinajstić information content (AvgIpc) is 3.21. The molecule has 1 aromatic carbocycles. The van der Waals surface area contributed by atoms with Gasteiger partial charge in [-0.1, -0.05) is 6.92 Å². The summed E-state index contributed by atoms with van der Waals surface area (Å²) in [5.41, 5.74) is 1.95. The number of amides is 1. The van der Waals surface area contributed by atoms with Crippen LogP contribution in [0.5, 0.6) is 0 Å². The Hall–Kier alpha value is -1.03. The third-order valence-corrected chi connectivity index (χ3v) is 7.44. The van der Waals surface area contributed by atoms with Gasteiger partial charge in [0, 0.05) is 11.1 Å². The van der Waals surface area contributed by atoms with Gasteiger partial charge >= 0.3 is 0 Å². The number of hydrogen-bond donors (Lipinski definition) is 1. The summed E-state index contributed by atoms with van der Waals surface area (Å²) in [4.78, 5) is 16.9. The second kappa shape index (κ2) is 4.73. The smallest absolute Gasteiger partial charge is 0.251 e. The predicted octanol–water partition coefficient (Wildman–Crippen LogP) is 3.12. The Labute approximate surface area is 129 Å². The van der Waals surface area contributed by atoms with Crippen molar-refractivity contribution in [2.24, 2.45) is 0 Å². The molecule has 2 atom stereocenters. The number of likely N-dealkylation sites (N-methyl/N-ethyl adjacent to an activating group) is 1. The third-order valence-electron chi connectivity index (χ3n) is 4.47. The van der Waals surface area contributed by atoms with Crippen molar-refractivity contribution >= 4 is 36.2 Å². The molecular formula is C15H18N3OPS. The Morgan fingerprint density at radius 1 is 1.57 bits per heavy atom. The Bertz CT molecular complexity index is 725. The third kappa shape index (κ3) is 2.10. The number of benzene rings is 1. The van der Waals surface area contributed by atoms with Crippen molar-refractivity contribution in [2.45, 2.75) is 38.0 Å². The fourth-order valence-corrected chi connectivity index (χ4v) is 5.75. The second-order valence-corrected chi connectivity index (χ2v) is 8.41. The average molecular weight is 319 g/mol. The lowest BCUT2D eigenvalue weighted by Crippen LogP contribution is -2.58. The normalized spacial score (nSPS) is 24.4. The second-order valence-electron chi connectivity index (χ2n) is 5.80. The summed E-state index contributed by atoms with van der Waals surface area (Å²) in [5.74, 6) is 0.389. The molecule has 2 aliphatic rings. The quantitative estimate of drug-likeness (QED) is 0.884. The highest BCUT2D eigenvalue weighted by Crippen LogP contribution is 2.62. The Balaban J connectivity index is 1.52. The van der Waals surface area contributed by atoms with E-state index in [0.717, 1.165) is 36.1 Å². The summed E-state index contributed by atoms with van der Waals surface area (Å²) < 4.78 is 3.65. The molecule has 1 amide bonds. The lowest BCUT2D eigenvalue weighted by molar-refractivity contribution is 0.0918. The van der Waals surface area contributed by atoms with Crippen LogP contribution in [0.3, 0.4) is 0 Å². The van der Waals surface area contributed by atoms with Crippen molar-refractivity contribution in [3.05, 3.63) is 28.8 Å². The van der Waals surface area contributed by atoms with E-state index in [4.69, 9.17) is 0 Å². The van der Waals surface area contributed by atoms with Crippen molar-refractivity contribution in [3.8, 4) is 0 Å². The lowest BCUT2D eigenvalue weighted by Gasteiger charge is -2.48. The molecule has 4 nitrogen and oxygen atoms in total. The molecule has 21 heavy (non-hydrogen) atoms. The molecule has 1 saturated carbocycles. The van der Waals surface area contributed by atoms with E-state index in [9.17, 15) is 4.79 Å². The summed E-state index contributed by atoms with van der Waals surface area (Å²) >= 11 is 1.67. The van der Waals surface area contributed by atoms with E-state index < -0.39 is 0 Å². The molecule has 1 aliphatic carbocycles. The number of nitrogens with zero attached hydrogens (tertiary/aromatic N) is 2. The summed E-state index contributed by atoms with van der Waals surface area (Å²) in [6.07, 6.45) is 2.45. The highest BCUT2D eigenvalue weighted by Gasteiger charge is 2.61. The largest absolute Gasteiger partial charge is 0.343 e. The van der Waals surface area contributed by atoms with Gasteiger partial charge in [-0.3, -0.25) is 9.46 Å². The molecule has 0 bridgehead atoms. The van der Waals surface area contributed by atoms with E-state index in [1.807, 2.05) is 25.1 Å². The minimum atomic E-state index is 0.0436. The van der Waals surface area contributed by atoms with Crippen LogP contribution in [-0.4, -0.2) is 33.4 Å². The first kappa shape index (κ1) is 13.6. The minimum absolute atomic E-state index is 0.0436. The molecule has 2 aromatic rings. The molecule has 1 saturated heterocycles. The molecule has 1 aromatic heterocycles. The van der Waals surface area contributed by atoms with Gasteiger partial charge in [0.2, 0.25) is 0 Å². The van der Waals surface area contributed by atoms with Crippen LogP contribution >= 0.6 is 20.1 Å². The number of aromatic nitrogens is 1. The molecule has 1 aliphatic heterocycles. The van der Waals surface area contributed by atoms with Gasteiger partial charge in [0.15, 0.2) is 0 Å². The standard InChI is InChI=1S/C15H18N3OPS/c1-3-18-15(6-7-15)14(20-18)17-13(19)10-4-5-12-11(8-10)16-9(2)21-12/h4-5,8,14,20H,3,6-7H2,1-2H3,(H,17,19). The number of thiazole rings is 1. The number of hydrogen-bond acceptors (Lipinski definition) is 4. The maximum atomic E-state index is 12.5. The van der Waals surface area contributed by atoms with Crippen LogP contribution in [0.4, 0.5) is 0 Å². The highest BCUT2D eigenvalue weighted by molar-refractivity contribution is 7.38. The molecule has 110 valence electrons.